The molecule has 1 heterocycles. The number of hydrogen-bond acceptors (Lipinski definition) is 3. The van der Waals surface area contributed by atoms with Crippen LogP contribution < -0.4 is 4.74 Å². The first kappa shape index (κ1) is 17.3. The summed E-state index contributed by atoms with van der Waals surface area (Å²) in [6.07, 6.45) is 2.46. The second kappa shape index (κ2) is 8.02. The average Bonchev–Trinajstić information content (AvgIpc) is 2.77. The summed E-state index contributed by atoms with van der Waals surface area (Å²) in [5.74, 6) is 0.811. The molecular formula is C20H24ClNO2. The number of ether oxygens (including phenoxy) is 1. The number of aliphatic hydroxyl groups is 1. The van der Waals surface area contributed by atoms with E-state index in [0.29, 0.717) is 6.61 Å². The van der Waals surface area contributed by atoms with Crippen molar-refractivity contribution >= 4 is 11.6 Å². The van der Waals surface area contributed by atoms with Gasteiger partial charge in [-0.25, -0.2) is 0 Å². The molecule has 2 aromatic rings. The smallest absolute Gasteiger partial charge is 0.119 e. The number of halogens is 1. The molecule has 1 aliphatic rings. The Hall–Kier alpha value is -1.55. The molecule has 2 aromatic carbocycles. The summed E-state index contributed by atoms with van der Waals surface area (Å²) >= 11 is 6.06. The van der Waals surface area contributed by atoms with Crippen LogP contribution in [0.4, 0.5) is 0 Å². The van der Waals surface area contributed by atoms with Crippen LogP contribution in [0.1, 0.15) is 24.8 Å². The maximum Gasteiger partial charge on any atom is 0.119 e. The number of benzene rings is 2. The van der Waals surface area contributed by atoms with Gasteiger partial charge in [-0.3, -0.25) is 4.90 Å². The van der Waals surface area contributed by atoms with Crippen LogP contribution in [0.3, 0.4) is 0 Å². The zero-order valence-corrected chi connectivity index (χ0v) is 14.6. The maximum absolute atomic E-state index is 10.9. The predicted octanol–water partition coefficient (Wildman–Crippen LogP) is 4.14. The van der Waals surface area contributed by atoms with Crippen molar-refractivity contribution in [3.63, 3.8) is 0 Å². The summed E-state index contributed by atoms with van der Waals surface area (Å²) in [7, 11) is 0. The van der Waals surface area contributed by atoms with Gasteiger partial charge in [0.1, 0.15) is 12.4 Å². The molecule has 1 atom stereocenters. The molecule has 1 N–H and O–H groups in total. The molecule has 3 nitrogen and oxygen atoms in total. The quantitative estimate of drug-likeness (QED) is 0.884. The number of likely N-dealkylation sites (tertiary alicyclic amines) is 1. The highest BCUT2D eigenvalue weighted by Gasteiger charge is 2.31. The Morgan fingerprint density at radius 3 is 2.67 bits per heavy atom. The van der Waals surface area contributed by atoms with E-state index in [1.54, 1.807) is 0 Å². The fourth-order valence-electron chi connectivity index (χ4n) is 3.17. The maximum atomic E-state index is 10.9. The predicted molar refractivity (Wildman–Crippen MR) is 97.5 cm³/mol. The fourth-order valence-corrected chi connectivity index (χ4v) is 3.38. The Morgan fingerprint density at radius 2 is 1.88 bits per heavy atom. The van der Waals surface area contributed by atoms with Gasteiger partial charge in [-0.2, -0.15) is 0 Å². The van der Waals surface area contributed by atoms with Crippen molar-refractivity contribution in [1.82, 2.24) is 4.90 Å². The Morgan fingerprint density at radius 1 is 1.04 bits per heavy atom. The van der Waals surface area contributed by atoms with E-state index in [1.807, 2.05) is 48.5 Å². The van der Waals surface area contributed by atoms with Crippen molar-refractivity contribution in [1.29, 1.82) is 0 Å². The summed E-state index contributed by atoms with van der Waals surface area (Å²) in [5, 5.41) is 11.6. The molecule has 0 amide bonds. The second-order valence-corrected chi connectivity index (χ2v) is 7.02. The van der Waals surface area contributed by atoms with Gasteiger partial charge in [0, 0.05) is 18.1 Å². The molecule has 0 radical (unpaired) electrons. The van der Waals surface area contributed by atoms with Gasteiger partial charge in [-0.15, -0.1) is 0 Å². The molecule has 0 saturated carbocycles. The van der Waals surface area contributed by atoms with E-state index < -0.39 is 5.60 Å². The van der Waals surface area contributed by atoms with Gasteiger partial charge >= 0.3 is 0 Å². The molecule has 24 heavy (non-hydrogen) atoms. The highest BCUT2D eigenvalue weighted by atomic mass is 35.5. The van der Waals surface area contributed by atoms with Gasteiger partial charge < -0.3 is 9.84 Å². The molecule has 0 spiro atoms. The number of rotatable bonds is 5. The lowest BCUT2D eigenvalue weighted by molar-refractivity contribution is -0.0168. The second-order valence-electron chi connectivity index (χ2n) is 6.59. The minimum atomic E-state index is -0.751. The van der Waals surface area contributed by atoms with E-state index in [-0.39, 0.29) is 0 Å². The molecule has 3 rings (SSSR count). The highest BCUT2D eigenvalue weighted by molar-refractivity contribution is 6.30. The van der Waals surface area contributed by atoms with Crippen LogP contribution in [-0.4, -0.2) is 35.3 Å². The Labute approximate surface area is 148 Å². The Balaban J connectivity index is 1.54. The summed E-state index contributed by atoms with van der Waals surface area (Å²) < 4.78 is 5.79. The third-order valence-electron chi connectivity index (χ3n) is 4.56. The van der Waals surface area contributed by atoms with Gasteiger partial charge in [0.25, 0.3) is 0 Å². The van der Waals surface area contributed by atoms with E-state index in [2.05, 4.69) is 11.0 Å². The lowest BCUT2D eigenvalue weighted by atomic mass is 9.96. The third-order valence-corrected chi connectivity index (χ3v) is 4.79. The minimum Gasteiger partial charge on any atom is -0.491 e. The van der Waals surface area contributed by atoms with Crippen LogP contribution >= 0.6 is 11.6 Å². The highest BCUT2D eigenvalue weighted by Crippen LogP contribution is 2.25. The normalized spacial score (nSPS) is 22.1. The number of para-hydroxylation sites is 1. The molecule has 1 saturated heterocycles. The van der Waals surface area contributed by atoms with E-state index in [1.165, 1.54) is 5.56 Å². The van der Waals surface area contributed by atoms with Crippen LogP contribution in [0, 0.1) is 0 Å². The van der Waals surface area contributed by atoms with Crippen LogP contribution in [-0.2, 0) is 6.54 Å². The molecule has 0 bridgehead atoms. The molecule has 4 heteroatoms. The Bertz CT molecular complexity index is 649. The van der Waals surface area contributed by atoms with Crippen LogP contribution in [0.2, 0.25) is 5.02 Å². The first-order valence-electron chi connectivity index (χ1n) is 8.50. The van der Waals surface area contributed by atoms with Crippen molar-refractivity contribution in [3.8, 4) is 5.75 Å². The molecule has 1 unspecified atom stereocenters. The average molecular weight is 346 g/mol. The Kier molecular flexibility index (Phi) is 5.77. The van der Waals surface area contributed by atoms with Gasteiger partial charge in [0.05, 0.1) is 5.60 Å². The van der Waals surface area contributed by atoms with E-state index in [0.717, 1.165) is 49.7 Å². The number of hydrogen-bond donors (Lipinski definition) is 1. The number of nitrogens with zero attached hydrogens (tertiary/aromatic N) is 1. The monoisotopic (exact) mass is 345 g/mol. The zero-order chi connectivity index (χ0) is 16.8. The first-order chi connectivity index (χ1) is 11.6. The van der Waals surface area contributed by atoms with Crippen LogP contribution in [0.5, 0.6) is 5.75 Å². The zero-order valence-electron chi connectivity index (χ0n) is 13.8. The first-order valence-corrected chi connectivity index (χ1v) is 8.88. The third kappa shape index (κ3) is 4.97. The van der Waals surface area contributed by atoms with Crippen molar-refractivity contribution in [2.75, 3.05) is 19.7 Å². The largest absolute Gasteiger partial charge is 0.491 e. The summed E-state index contributed by atoms with van der Waals surface area (Å²) in [6, 6.07) is 17.7. The van der Waals surface area contributed by atoms with Gasteiger partial charge in [-0.1, -0.05) is 41.9 Å². The minimum absolute atomic E-state index is 0.349. The fraction of sp³-hybridized carbons (Fsp3) is 0.400. The molecule has 0 aromatic heterocycles. The van der Waals surface area contributed by atoms with Gasteiger partial charge in [0.15, 0.2) is 0 Å². The van der Waals surface area contributed by atoms with E-state index in [9.17, 15) is 5.11 Å². The summed E-state index contributed by atoms with van der Waals surface area (Å²) in [6.45, 7) is 3.07. The molecular weight excluding hydrogens is 322 g/mol. The lowest BCUT2D eigenvalue weighted by Crippen LogP contribution is -2.37. The summed E-state index contributed by atoms with van der Waals surface area (Å²) in [4.78, 5) is 2.38. The van der Waals surface area contributed by atoms with Crippen LogP contribution in [0.15, 0.2) is 54.6 Å². The topological polar surface area (TPSA) is 32.7 Å². The lowest BCUT2D eigenvalue weighted by Gasteiger charge is -2.27. The standard InChI is InChI=1S/C20H24ClNO2/c21-18-7-4-6-17(14-18)15-22-12-5-10-20(23,11-13-22)16-24-19-8-2-1-3-9-19/h1-4,6-9,14,23H,5,10-13,15-16H2. The van der Waals surface area contributed by atoms with Crippen molar-refractivity contribution in [3.05, 3.63) is 65.2 Å². The molecule has 0 aliphatic carbocycles. The molecule has 1 aliphatic heterocycles. The van der Waals surface area contributed by atoms with Gasteiger partial charge in [0.2, 0.25) is 0 Å². The van der Waals surface area contributed by atoms with E-state index >= 15 is 0 Å². The summed E-state index contributed by atoms with van der Waals surface area (Å²) in [5.41, 5.74) is 0.465. The van der Waals surface area contributed by atoms with Crippen molar-refractivity contribution in [2.24, 2.45) is 0 Å². The van der Waals surface area contributed by atoms with Crippen molar-refractivity contribution in [2.45, 2.75) is 31.4 Å². The molecule has 1 fully saturated rings. The molecule has 128 valence electrons. The van der Waals surface area contributed by atoms with E-state index in [4.69, 9.17) is 16.3 Å². The van der Waals surface area contributed by atoms with Gasteiger partial charge in [-0.05, 0) is 55.6 Å². The van der Waals surface area contributed by atoms with Crippen molar-refractivity contribution < 1.29 is 9.84 Å². The SMILES string of the molecule is OC1(COc2ccccc2)CCCN(Cc2cccc(Cl)c2)CC1. The van der Waals surface area contributed by atoms with Crippen LogP contribution in [0.25, 0.3) is 0 Å².